The molecule has 0 aliphatic carbocycles. The predicted molar refractivity (Wildman–Crippen MR) is 109 cm³/mol. The molecule has 2 aromatic rings. The number of hydrogen-bond donors (Lipinski definition) is 1. The van der Waals surface area contributed by atoms with E-state index in [1.807, 2.05) is 0 Å². The maximum absolute atomic E-state index is 13.0. The summed E-state index contributed by atoms with van der Waals surface area (Å²) >= 11 is 0.760. The highest BCUT2D eigenvalue weighted by atomic mass is 32.2. The lowest BCUT2D eigenvalue weighted by Crippen LogP contribution is -2.37. The van der Waals surface area contributed by atoms with Crippen molar-refractivity contribution < 1.29 is 23.7 Å². The zero-order valence-corrected chi connectivity index (χ0v) is 16.6. The van der Waals surface area contributed by atoms with E-state index in [-0.39, 0.29) is 29.2 Å². The molecule has 3 rings (SSSR count). The number of rotatable bonds is 6. The number of nitrogens with one attached hydrogen (secondary N) is 1. The van der Waals surface area contributed by atoms with Crippen LogP contribution in [-0.2, 0) is 4.79 Å². The Morgan fingerprint density at radius 3 is 2.60 bits per heavy atom. The Kier molecular flexibility index (Phi) is 6.26. The topological polar surface area (TPSA) is 110 Å². The van der Waals surface area contributed by atoms with Crippen LogP contribution in [-0.4, -0.2) is 40.0 Å². The number of hydrogen-bond acceptors (Lipinski definition) is 6. The second-order valence-corrected chi connectivity index (χ2v) is 7.39. The summed E-state index contributed by atoms with van der Waals surface area (Å²) in [6.45, 7) is 1.51. The fraction of sp³-hybridized carbons (Fsp3) is 0.150. The predicted octanol–water partition coefficient (Wildman–Crippen LogP) is 3.51. The van der Waals surface area contributed by atoms with Crippen molar-refractivity contribution in [1.29, 1.82) is 0 Å². The van der Waals surface area contributed by atoms with E-state index in [9.17, 15) is 28.9 Å². The van der Waals surface area contributed by atoms with Crippen molar-refractivity contribution in [2.45, 2.75) is 6.92 Å². The van der Waals surface area contributed by atoms with Crippen LogP contribution < -0.4 is 5.32 Å². The van der Waals surface area contributed by atoms with Crippen LogP contribution in [0.3, 0.4) is 0 Å². The van der Waals surface area contributed by atoms with E-state index in [1.165, 1.54) is 48.5 Å². The summed E-state index contributed by atoms with van der Waals surface area (Å²) in [5.41, 5.74) is 0.954. The Hall–Kier alpha value is -3.53. The second-order valence-electron chi connectivity index (χ2n) is 6.40. The monoisotopic (exact) mass is 429 g/mol. The molecule has 3 amide bonds. The highest BCUT2D eigenvalue weighted by Crippen LogP contribution is 2.31. The van der Waals surface area contributed by atoms with E-state index in [0.717, 1.165) is 16.7 Å². The van der Waals surface area contributed by atoms with E-state index in [2.05, 4.69) is 5.32 Å². The summed E-state index contributed by atoms with van der Waals surface area (Å²) in [7, 11) is 0. The Labute approximate surface area is 174 Å². The number of imide groups is 1. The largest absolute Gasteiger partial charge is 0.350 e. The number of nitro groups is 1. The molecule has 1 fully saturated rings. The Bertz CT molecular complexity index is 1070. The summed E-state index contributed by atoms with van der Waals surface area (Å²) < 4.78 is 13.0. The molecular weight excluding hydrogens is 413 g/mol. The first-order valence-corrected chi connectivity index (χ1v) is 9.62. The number of aryl methyl sites for hydroxylation is 1. The van der Waals surface area contributed by atoms with E-state index < -0.39 is 27.8 Å². The van der Waals surface area contributed by atoms with Gasteiger partial charge < -0.3 is 5.32 Å². The molecule has 0 spiro atoms. The summed E-state index contributed by atoms with van der Waals surface area (Å²) in [6, 6.07) is 9.60. The fourth-order valence-corrected chi connectivity index (χ4v) is 3.60. The molecular formula is C20H16FN3O5S. The molecule has 8 nitrogen and oxygen atoms in total. The van der Waals surface area contributed by atoms with Gasteiger partial charge in [0, 0.05) is 30.3 Å². The summed E-state index contributed by atoms with van der Waals surface area (Å²) in [5.74, 6) is -1.46. The Balaban J connectivity index is 1.61. The van der Waals surface area contributed by atoms with Crippen LogP contribution in [0.5, 0.6) is 0 Å². The van der Waals surface area contributed by atoms with Gasteiger partial charge in [-0.15, -0.1) is 0 Å². The second kappa shape index (κ2) is 8.87. The first-order valence-electron chi connectivity index (χ1n) is 8.80. The lowest BCUT2D eigenvalue weighted by Gasteiger charge is -2.13. The number of carbonyl (C=O) groups is 3. The molecule has 0 radical (unpaired) electrons. The summed E-state index contributed by atoms with van der Waals surface area (Å²) in [4.78, 5) is 48.4. The van der Waals surface area contributed by atoms with Gasteiger partial charge in [-0.3, -0.25) is 29.4 Å². The maximum Gasteiger partial charge on any atom is 0.293 e. The summed E-state index contributed by atoms with van der Waals surface area (Å²) in [5, 5.41) is 13.1. The molecule has 10 heteroatoms. The highest BCUT2D eigenvalue weighted by Gasteiger charge is 2.34. The number of nitro benzene ring substituents is 1. The van der Waals surface area contributed by atoms with Crippen LogP contribution in [0, 0.1) is 22.9 Å². The summed E-state index contributed by atoms with van der Waals surface area (Å²) in [6.07, 6.45) is 1.49. The van der Waals surface area contributed by atoms with Crippen LogP contribution in [0.15, 0.2) is 47.4 Å². The SMILES string of the molecule is Cc1ccc(C(=O)NCCN2C(=O)S/C(=C\c3ccc(F)cc3)C2=O)cc1[N+](=O)[O-]. The zero-order valence-electron chi connectivity index (χ0n) is 15.8. The number of thioether (sulfide) groups is 1. The normalized spacial score (nSPS) is 15.0. The Morgan fingerprint density at radius 1 is 1.23 bits per heavy atom. The van der Waals surface area contributed by atoms with Crippen LogP contribution in [0.25, 0.3) is 6.08 Å². The average molecular weight is 429 g/mol. The number of carbonyl (C=O) groups excluding carboxylic acids is 3. The van der Waals surface area contributed by atoms with Crippen molar-refractivity contribution >= 4 is 40.6 Å². The molecule has 0 aromatic heterocycles. The van der Waals surface area contributed by atoms with Gasteiger partial charge in [-0.05, 0) is 48.5 Å². The smallest absolute Gasteiger partial charge is 0.293 e. The van der Waals surface area contributed by atoms with Gasteiger partial charge in [-0.2, -0.15) is 0 Å². The van der Waals surface area contributed by atoms with Gasteiger partial charge >= 0.3 is 0 Å². The number of nitrogens with zero attached hydrogens (tertiary/aromatic N) is 2. The van der Waals surface area contributed by atoms with Crippen LogP contribution in [0.4, 0.5) is 14.9 Å². The first-order chi connectivity index (χ1) is 14.3. The van der Waals surface area contributed by atoms with Gasteiger partial charge in [0.15, 0.2) is 0 Å². The minimum atomic E-state index is -0.570. The van der Waals surface area contributed by atoms with E-state index in [0.29, 0.717) is 11.1 Å². The molecule has 1 N–H and O–H groups in total. The highest BCUT2D eigenvalue weighted by molar-refractivity contribution is 8.18. The van der Waals surface area contributed by atoms with Crippen molar-refractivity contribution in [2.75, 3.05) is 13.1 Å². The lowest BCUT2D eigenvalue weighted by molar-refractivity contribution is -0.385. The third-order valence-electron chi connectivity index (χ3n) is 4.33. The van der Waals surface area contributed by atoms with Gasteiger partial charge in [0.2, 0.25) is 0 Å². The minimum Gasteiger partial charge on any atom is -0.350 e. The molecule has 154 valence electrons. The zero-order chi connectivity index (χ0) is 21.8. The van der Waals surface area contributed by atoms with Crippen LogP contribution in [0.1, 0.15) is 21.5 Å². The molecule has 1 heterocycles. The Morgan fingerprint density at radius 2 is 1.93 bits per heavy atom. The van der Waals surface area contributed by atoms with Crippen molar-refractivity contribution in [1.82, 2.24) is 10.2 Å². The quantitative estimate of drug-likeness (QED) is 0.428. The molecule has 1 aliphatic rings. The minimum absolute atomic E-state index is 0.0115. The molecule has 1 saturated heterocycles. The lowest BCUT2D eigenvalue weighted by atomic mass is 10.1. The van der Waals surface area contributed by atoms with Gasteiger partial charge in [0.05, 0.1) is 9.83 Å². The molecule has 30 heavy (non-hydrogen) atoms. The average Bonchev–Trinajstić information content (AvgIpc) is 2.97. The maximum atomic E-state index is 13.0. The van der Waals surface area contributed by atoms with Crippen LogP contribution >= 0.6 is 11.8 Å². The molecule has 0 unspecified atom stereocenters. The van der Waals surface area contributed by atoms with Gasteiger partial charge in [0.25, 0.3) is 22.7 Å². The van der Waals surface area contributed by atoms with Crippen molar-refractivity contribution in [3.8, 4) is 0 Å². The number of benzene rings is 2. The van der Waals surface area contributed by atoms with E-state index in [1.54, 1.807) is 6.92 Å². The van der Waals surface area contributed by atoms with Crippen molar-refractivity contribution in [3.05, 3.63) is 80.0 Å². The van der Waals surface area contributed by atoms with E-state index in [4.69, 9.17) is 0 Å². The molecule has 0 saturated carbocycles. The van der Waals surface area contributed by atoms with Gasteiger partial charge in [-0.1, -0.05) is 18.2 Å². The molecule has 0 atom stereocenters. The number of amides is 3. The fourth-order valence-electron chi connectivity index (χ4n) is 2.73. The van der Waals surface area contributed by atoms with Gasteiger partial charge in [0.1, 0.15) is 5.82 Å². The van der Waals surface area contributed by atoms with Crippen molar-refractivity contribution in [3.63, 3.8) is 0 Å². The van der Waals surface area contributed by atoms with Crippen LogP contribution in [0.2, 0.25) is 0 Å². The van der Waals surface area contributed by atoms with Gasteiger partial charge in [-0.25, -0.2) is 4.39 Å². The molecule has 2 aromatic carbocycles. The third kappa shape index (κ3) is 4.71. The van der Waals surface area contributed by atoms with E-state index >= 15 is 0 Å². The first kappa shape index (κ1) is 21.2. The molecule has 1 aliphatic heterocycles. The third-order valence-corrected chi connectivity index (χ3v) is 5.24. The standard InChI is InChI=1S/C20H16FN3O5S/c1-12-2-5-14(11-16(12)24(28)29)18(25)22-8-9-23-19(26)17(30-20(23)27)10-13-3-6-15(21)7-4-13/h2-7,10-11H,8-9H2,1H3,(H,22,25)/b17-10-. The molecule has 0 bridgehead atoms. The van der Waals surface area contributed by atoms with Crippen molar-refractivity contribution in [2.24, 2.45) is 0 Å². The number of halogens is 1.